The van der Waals surface area contributed by atoms with Crippen molar-refractivity contribution in [3.05, 3.63) is 78.0 Å². The lowest BCUT2D eigenvalue weighted by Gasteiger charge is -2.23. The van der Waals surface area contributed by atoms with Gasteiger partial charge in [0.25, 0.3) is 0 Å². The van der Waals surface area contributed by atoms with E-state index >= 15 is 0 Å². The molecular weight excluding hydrogens is 428 g/mol. The Morgan fingerprint density at radius 1 is 1.12 bits per heavy atom. The first-order valence-electron chi connectivity index (χ1n) is 11.2. The molecule has 1 aliphatic heterocycles. The summed E-state index contributed by atoms with van der Waals surface area (Å²) in [6.45, 7) is 8.15. The fourth-order valence-electron chi connectivity index (χ4n) is 3.90. The van der Waals surface area contributed by atoms with Gasteiger partial charge in [-0.15, -0.1) is 0 Å². The Morgan fingerprint density at radius 2 is 1.94 bits per heavy atom. The van der Waals surface area contributed by atoms with E-state index in [4.69, 9.17) is 0 Å². The molecule has 1 unspecified atom stereocenters. The molecule has 8 nitrogen and oxygen atoms in total. The van der Waals surface area contributed by atoms with Gasteiger partial charge in [0.2, 0.25) is 17.8 Å². The summed E-state index contributed by atoms with van der Waals surface area (Å²) in [5.41, 5.74) is 5.47. The van der Waals surface area contributed by atoms with Crippen molar-refractivity contribution in [1.29, 1.82) is 0 Å². The molecule has 34 heavy (non-hydrogen) atoms. The van der Waals surface area contributed by atoms with Crippen LogP contribution in [0.2, 0.25) is 0 Å². The van der Waals surface area contributed by atoms with Gasteiger partial charge in [-0.05, 0) is 67.7 Å². The van der Waals surface area contributed by atoms with E-state index in [2.05, 4.69) is 49.9 Å². The molecule has 2 heterocycles. The molecule has 2 amide bonds. The van der Waals surface area contributed by atoms with Crippen LogP contribution in [0.5, 0.6) is 0 Å². The first-order valence-corrected chi connectivity index (χ1v) is 11.2. The lowest BCUT2D eigenvalue weighted by Crippen LogP contribution is -2.32. The van der Waals surface area contributed by atoms with E-state index in [9.17, 15) is 9.59 Å². The fourth-order valence-corrected chi connectivity index (χ4v) is 3.90. The van der Waals surface area contributed by atoms with Gasteiger partial charge in [0.05, 0.1) is 0 Å². The van der Waals surface area contributed by atoms with Crippen molar-refractivity contribution in [1.82, 2.24) is 15.3 Å². The second-order valence-electron chi connectivity index (χ2n) is 8.36. The zero-order chi connectivity index (χ0) is 24.1. The van der Waals surface area contributed by atoms with E-state index in [1.807, 2.05) is 38.1 Å². The number of amides is 2. The number of nitrogens with one attached hydrogen (secondary N) is 4. The maximum absolute atomic E-state index is 11.7. The van der Waals surface area contributed by atoms with Gasteiger partial charge in [-0.3, -0.25) is 9.59 Å². The van der Waals surface area contributed by atoms with Gasteiger partial charge in [0.1, 0.15) is 5.82 Å². The minimum atomic E-state index is -0.269. The third-order valence-electron chi connectivity index (χ3n) is 5.77. The summed E-state index contributed by atoms with van der Waals surface area (Å²) < 4.78 is 0. The molecule has 0 bridgehead atoms. The molecule has 1 aromatic heterocycles. The highest BCUT2D eigenvalue weighted by Crippen LogP contribution is 2.30. The molecule has 4 rings (SSSR count). The van der Waals surface area contributed by atoms with Crippen LogP contribution in [0, 0.1) is 13.8 Å². The van der Waals surface area contributed by atoms with Crippen LogP contribution < -0.4 is 21.3 Å². The van der Waals surface area contributed by atoms with Crippen molar-refractivity contribution in [2.45, 2.75) is 32.6 Å². The maximum Gasteiger partial charge on any atom is 0.247 e. The largest absolute Gasteiger partial charge is 0.356 e. The molecule has 4 N–H and O–H groups in total. The third kappa shape index (κ3) is 5.58. The van der Waals surface area contributed by atoms with Crippen molar-refractivity contribution in [3.63, 3.8) is 0 Å². The molecule has 2 aromatic carbocycles. The van der Waals surface area contributed by atoms with E-state index in [-0.39, 0.29) is 17.7 Å². The number of hydrogen-bond donors (Lipinski definition) is 4. The number of aromatic nitrogens is 2. The summed E-state index contributed by atoms with van der Waals surface area (Å²) in [5, 5.41) is 12.2. The zero-order valence-corrected chi connectivity index (χ0v) is 19.3. The standard InChI is InChI=1S/C26H28N6O2/c1-4-23(33)29-20-6-5-7-21(14-20)30-25-17(3)15-28-26(32-25)31-22-9-8-18(12-16(22)2)19-10-11-27-24(34)13-19/h4-9,12,14-15,19H,1,10-11,13H2,2-3H3,(H,27,34)(H,29,33)(H2,28,30,31,32). The van der Waals surface area contributed by atoms with Crippen LogP contribution in [-0.4, -0.2) is 28.3 Å². The van der Waals surface area contributed by atoms with Crippen molar-refractivity contribution in [2.75, 3.05) is 22.5 Å². The maximum atomic E-state index is 11.7. The number of aryl methyl sites for hydroxylation is 2. The number of benzene rings is 2. The van der Waals surface area contributed by atoms with Crippen LogP contribution in [0.15, 0.2) is 61.3 Å². The van der Waals surface area contributed by atoms with Crippen LogP contribution >= 0.6 is 0 Å². The Hall–Kier alpha value is -4.20. The molecule has 1 fully saturated rings. The van der Waals surface area contributed by atoms with E-state index in [0.717, 1.165) is 35.5 Å². The van der Waals surface area contributed by atoms with E-state index < -0.39 is 0 Å². The van der Waals surface area contributed by atoms with Gasteiger partial charge in [0, 0.05) is 41.8 Å². The molecule has 1 aliphatic rings. The van der Waals surface area contributed by atoms with Gasteiger partial charge in [-0.25, -0.2) is 4.98 Å². The first-order chi connectivity index (χ1) is 16.4. The van der Waals surface area contributed by atoms with Gasteiger partial charge in [-0.2, -0.15) is 4.98 Å². The second kappa shape index (κ2) is 10.2. The summed E-state index contributed by atoms with van der Waals surface area (Å²) in [6, 6.07) is 13.6. The molecule has 0 saturated carbocycles. The molecule has 3 aromatic rings. The number of piperidine rings is 1. The molecule has 0 spiro atoms. The molecule has 8 heteroatoms. The molecule has 0 radical (unpaired) electrons. The zero-order valence-electron chi connectivity index (χ0n) is 19.3. The molecule has 0 aliphatic carbocycles. The number of anilines is 5. The number of carbonyl (C=O) groups is 2. The van der Waals surface area contributed by atoms with Crippen LogP contribution in [0.4, 0.5) is 28.8 Å². The summed E-state index contributed by atoms with van der Waals surface area (Å²) >= 11 is 0. The molecular formula is C26H28N6O2. The summed E-state index contributed by atoms with van der Waals surface area (Å²) in [5.74, 6) is 1.22. The average Bonchev–Trinajstić information content (AvgIpc) is 2.82. The highest BCUT2D eigenvalue weighted by molar-refractivity contribution is 5.99. The van der Waals surface area contributed by atoms with Crippen molar-refractivity contribution in [2.24, 2.45) is 0 Å². The van der Waals surface area contributed by atoms with Gasteiger partial charge in [0.15, 0.2) is 0 Å². The Morgan fingerprint density at radius 3 is 2.71 bits per heavy atom. The molecule has 1 atom stereocenters. The number of nitrogens with zero attached hydrogens (tertiary/aromatic N) is 2. The Labute approximate surface area is 198 Å². The summed E-state index contributed by atoms with van der Waals surface area (Å²) in [6.07, 6.45) is 4.46. The lowest BCUT2D eigenvalue weighted by molar-refractivity contribution is -0.122. The summed E-state index contributed by atoms with van der Waals surface area (Å²) in [7, 11) is 0. The Balaban J connectivity index is 1.49. The van der Waals surface area contributed by atoms with Gasteiger partial charge < -0.3 is 21.3 Å². The SMILES string of the molecule is C=CC(=O)Nc1cccc(Nc2nc(Nc3ccc(C4CCNC(=O)C4)cc3C)ncc2C)c1. The number of hydrogen-bond acceptors (Lipinski definition) is 6. The fraction of sp³-hybridized carbons (Fsp3) is 0.231. The van der Waals surface area contributed by atoms with Crippen LogP contribution in [-0.2, 0) is 9.59 Å². The van der Waals surface area contributed by atoms with Crippen molar-refractivity contribution < 1.29 is 9.59 Å². The predicted octanol–water partition coefficient (Wildman–Crippen LogP) is 4.70. The Kier molecular flexibility index (Phi) is 6.87. The highest BCUT2D eigenvalue weighted by Gasteiger charge is 2.21. The number of carbonyl (C=O) groups excluding carboxylic acids is 2. The van der Waals surface area contributed by atoms with Crippen LogP contribution in [0.3, 0.4) is 0 Å². The molecule has 1 saturated heterocycles. The third-order valence-corrected chi connectivity index (χ3v) is 5.77. The minimum absolute atomic E-state index is 0.109. The lowest BCUT2D eigenvalue weighted by atomic mass is 9.89. The van der Waals surface area contributed by atoms with Crippen LogP contribution in [0.25, 0.3) is 0 Å². The monoisotopic (exact) mass is 456 g/mol. The van der Waals surface area contributed by atoms with E-state index in [0.29, 0.717) is 23.9 Å². The van der Waals surface area contributed by atoms with Crippen molar-refractivity contribution >= 4 is 40.6 Å². The van der Waals surface area contributed by atoms with Gasteiger partial charge in [-0.1, -0.05) is 24.8 Å². The molecule has 174 valence electrons. The highest BCUT2D eigenvalue weighted by atomic mass is 16.2. The van der Waals surface area contributed by atoms with Crippen molar-refractivity contribution in [3.8, 4) is 0 Å². The minimum Gasteiger partial charge on any atom is -0.356 e. The first kappa shape index (κ1) is 23.0. The van der Waals surface area contributed by atoms with E-state index in [1.165, 1.54) is 11.6 Å². The Bertz CT molecular complexity index is 1240. The quantitative estimate of drug-likeness (QED) is 0.384. The smallest absolute Gasteiger partial charge is 0.247 e. The number of rotatable bonds is 7. The van der Waals surface area contributed by atoms with E-state index in [1.54, 1.807) is 12.3 Å². The normalized spacial score (nSPS) is 15.2. The summed E-state index contributed by atoms with van der Waals surface area (Å²) in [4.78, 5) is 32.4. The van der Waals surface area contributed by atoms with Gasteiger partial charge >= 0.3 is 0 Å². The average molecular weight is 457 g/mol. The predicted molar refractivity (Wildman–Crippen MR) is 135 cm³/mol. The van der Waals surface area contributed by atoms with Crippen LogP contribution in [0.1, 0.15) is 35.4 Å². The topological polar surface area (TPSA) is 108 Å². The second-order valence-corrected chi connectivity index (χ2v) is 8.36.